The molecule has 1 saturated heterocycles. The number of alkyl carbamates (subject to hydrolysis) is 1. The number of esters is 1. The number of ether oxygens (including phenoxy) is 2. The molecule has 1 aromatic carbocycles. The zero-order valence-electron chi connectivity index (χ0n) is 20.1. The van der Waals surface area contributed by atoms with Crippen molar-refractivity contribution in [2.45, 2.75) is 51.5 Å². The van der Waals surface area contributed by atoms with Gasteiger partial charge in [-0.1, -0.05) is 15.9 Å². The maximum absolute atomic E-state index is 13.0. The van der Waals surface area contributed by atoms with Crippen molar-refractivity contribution in [1.29, 1.82) is 0 Å². The molecule has 0 unspecified atom stereocenters. The normalized spacial score (nSPS) is 19.9. The third kappa shape index (κ3) is 6.37. The SMILES string of the molecule is C[C@@H](O)[C@H]1C(=O)N2C(C(=O)OCc3ccc([N+](=O)[O-])cc3)=C(SCCNC(=O)OC(C)(C)CBr)C[C@H]12. The summed E-state index contributed by atoms with van der Waals surface area (Å²) in [4.78, 5) is 49.9. The fourth-order valence-electron chi connectivity index (χ4n) is 3.92. The van der Waals surface area contributed by atoms with Gasteiger partial charge < -0.3 is 24.8 Å². The van der Waals surface area contributed by atoms with Crippen LogP contribution in [0, 0.1) is 16.0 Å². The van der Waals surface area contributed by atoms with Gasteiger partial charge in [-0.15, -0.1) is 11.8 Å². The van der Waals surface area contributed by atoms with Gasteiger partial charge in [-0.25, -0.2) is 9.59 Å². The Morgan fingerprint density at radius 2 is 2.03 bits per heavy atom. The average Bonchev–Trinajstić information content (AvgIpc) is 3.14. The largest absolute Gasteiger partial charge is 0.456 e. The number of benzene rings is 1. The van der Waals surface area contributed by atoms with Crippen LogP contribution in [0.3, 0.4) is 0 Å². The Morgan fingerprint density at radius 3 is 2.61 bits per heavy atom. The van der Waals surface area contributed by atoms with Crippen molar-refractivity contribution in [3.63, 3.8) is 0 Å². The second kappa shape index (κ2) is 11.6. The van der Waals surface area contributed by atoms with E-state index in [1.165, 1.54) is 40.9 Å². The summed E-state index contributed by atoms with van der Waals surface area (Å²) in [5, 5.41) is 24.0. The summed E-state index contributed by atoms with van der Waals surface area (Å²) < 4.78 is 10.7. The summed E-state index contributed by atoms with van der Waals surface area (Å²) in [5.74, 6) is -1.21. The predicted octanol–water partition coefficient (Wildman–Crippen LogP) is 3.09. The standard InChI is InChI=1S/C23H28BrN3O8S/c1-13(28)18-16-10-17(36-9-8-25-22(31)35-23(2,3)12-24)19(26(16)20(18)29)21(30)34-11-14-4-6-15(7-5-14)27(32)33/h4-7,13,16,18,28H,8-12H2,1-3H3,(H,25,31)/t13-,16-,18-/m1/s1. The number of fused-ring (bicyclic) bond motifs is 1. The summed E-state index contributed by atoms with van der Waals surface area (Å²) in [7, 11) is 0. The van der Waals surface area contributed by atoms with Crippen molar-refractivity contribution < 1.29 is 33.9 Å². The van der Waals surface area contributed by atoms with Crippen LogP contribution in [0.2, 0.25) is 0 Å². The number of amides is 2. The molecule has 0 aliphatic carbocycles. The molecule has 0 spiro atoms. The van der Waals surface area contributed by atoms with Gasteiger partial charge in [0.1, 0.15) is 17.9 Å². The first-order chi connectivity index (χ1) is 16.9. The number of nitro benzene ring substituents is 1. The van der Waals surface area contributed by atoms with Crippen molar-refractivity contribution in [1.82, 2.24) is 10.2 Å². The number of rotatable bonds is 11. The number of hydrogen-bond acceptors (Lipinski definition) is 9. The molecule has 13 heteroatoms. The maximum atomic E-state index is 13.0. The molecule has 3 rings (SSSR count). The lowest BCUT2D eigenvalue weighted by Crippen LogP contribution is -2.61. The molecule has 3 atom stereocenters. The van der Waals surface area contributed by atoms with Crippen LogP contribution in [0.1, 0.15) is 32.8 Å². The lowest BCUT2D eigenvalue weighted by Gasteiger charge is -2.44. The molecule has 2 aliphatic rings. The second-order valence-corrected chi connectivity index (χ2v) is 10.8. The molecule has 196 valence electrons. The number of aliphatic hydroxyl groups is 1. The van der Waals surface area contributed by atoms with E-state index in [1.807, 2.05) is 0 Å². The van der Waals surface area contributed by atoms with Crippen LogP contribution in [-0.4, -0.2) is 68.3 Å². The van der Waals surface area contributed by atoms with Crippen molar-refractivity contribution in [2.75, 3.05) is 17.6 Å². The highest BCUT2D eigenvalue weighted by molar-refractivity contribution is 9.09. The van der Waals surface area contributed by atoms with Crippen LogP contribution in [0.5, 0.6) is 0 Å². The molecule has 2 aliphatic heterocycles. The van der Waals surface area contributed by atoms with Crippen molar-refractivity contribution in [2.24, 2.45) is 5.92 Å². The highest BCUT2D eigenvalue weighted by Gasteiger charge is 2.57. The minimum atomic E-state index is -0.852. The molecule has 36 heavy (non-hydrogen) atoms. The van der Waals surface area contributed by atoms with Gasteiger partial charge in [-0.05, 0) is 38.5 Å². The molecule has 0 radical (unpaired) electrons. The molecular weight excluding hydrogens is 558 g/mol. The number of carbonyl (C=O) groups is 3. The van der Waals surface area contributed by atoms with E-state index >= 15 is 0 Å². The van der Waals surface area contributed by atoms with Gasteiger partial charge in [0.25, 0.3) is 5.69 Å². The summed E-state index contributed by atoms with van der Waals surface area (Å²) >= 11 is 4.61. The third-order valence-corrected chi connectivity index (χ3v) is 8.20. The molecule has 1 aromatic rings. The van der Waals surface area contributed by atoms with Crippen LogP contribution in [0.4, 0.5) is 10.5 Å². The number of nitrogens with one attached hydrogen (secondary N) is 1. The molecule has 0 aromatic heterocycles. The Balaban J connectivity index is 1.64. The molecule has 2 heterocycles. The average molecular weight is 586 g/mol. The van der Waals surface area contributed by atoms with E-state index in [4.69, 9.17) is 9.47 Å². The highest BCUT2D eigenvalue weighted by atomic mass is 79.9. The number of aliphatic hydroxyl groups excluding tert-OH is 1. The van der Waals surface area contributed by atoms with E-state index in [0.29, 0.717) is 28.0 Å². The van der Waals surface area contributed by atoms with E-state index in [-0.39, 0.29) is 36.5 Å². The van der Waals surface area contributed by atoms with Crippen molar-refractivity contribution >= 4 is 51.3 Å². The summed E-state index contributed by atoms with van der Waals surface area (Å²) in [5.41, 5.74) is -0.0380. The van der Waals surface area contributed by atoms with Gasteiger partial charge >= 0.3 is 12.1 Å². The number of hydrogen-bond donors (Lipinski definition) is 2. The number of alkyl halides is 1. The predicted molar refractivity (Wildman–Crippen MR) is 135 cm³/mol. The minimum Gasteiger partial charge on any atom is -0.456 e. The van der Waals surface area contributed by atoms with Crippen LogP contribution in [0.15, 0.2) is 34.9 Å². The van der Waals surface area contributed by atoms with E-state index in [0.717, 1.165) is 0 Å². The Morgan fingerprint density at radius 1 is 1.36 bits per heavy atom. The number of nitrogens with zero attached hydrogens (tertiary/aromatic N) is 2. The smallest absolute Gasteiger partial charge is 0.407 e. The fraction of sp³-hybridized carbons (Fsp3) is 0.522. The Hall–Kier alpha value is -2.64. The molecule has 0 bridgehead atoms. The minimum absolute atomic E-state index is 0.0753. The first-order valence-corrected chi connectivity index (χ1v) is 13.4. The lowest BCUT2D eigenvalue weighted by atomic mass is 9.83. The van der Waals surface area contributed by atoms with Crippen LogP contribution >= 0.6 is 27.7 Å². The Kier molecular flexibility index (Phi) is 9.01. The van der Waals surface area contributed by atoms with Crippen LogP contribution < -0.4 is 5.32 Å². The summed E-state index contributed by atoms with van der Waals surface area (Å²) in [6.45, 7) is 5.24. The van der Waals surface area contributed by atoms with Gasteiger partial charge in [-0.2, -0.15) is 0 Å². The number of carbonyl (C=O) groups excluding carboxylic acids is 3. The van der Waals surface area contributed by atoms with E-state index in [1.54, 1.807) is 20.8 Å². The zero-order chi connectivity index (χ0) is 26.6. The topological polar surface area (TPSA) is 148 Å². The summed E-state index contributed by atoms with van der Waals surface area (Å²) in [6, 6.07) is 5.29. The second-order valence-electron chi connectivity index (χ2n) is 9.08. The van der Waals surface area contributed by atoms with Gasteiger partial charge in [0.05, 0.1) is 23.0 Å². The monoisotopic (exact) mass is 585 g/mol. The molecule has 2 amide bonds. The van der Waals surface area contributed by atoms with E-state index in [9.17, 15) is 29.6 Å². The molecule has 2 N–H and O–H groups in total. The molecule has 1 fully saturated rings. The van der Waals surface area contributed by atoms with Gasteiger partial charge in [0.2, 0.25) is 5.91 Å². The number of non-ortho nitro benzene ring substituents is 1. The maximum Gasteiger partial charge on any atom is 0.407 e. The molecule has 11 nitrogen and oxygen atoms in total. The van der Waals surface area contributed by atoms with Gasteiger partial charge in [-0.3, -0.25) is 14.9 Å². The zero-order valence-corrected chi connectivity index (χ0v) is 22.5. The first kappa shape index (κ1) is 27.9. The number of thioether (sulfide) groups is 1. The number of halogens is 1. The summed E-state index contributed by atoms with van der Waals surface area (Å²) in [6.07, 6.45) is -1.01. The third-order valence-electron chi connectivity index (χ3n) is 5.74. The van der Waals surface area contributed by atoms with E-state index < -0.39 is 34.6 Å². The Labute approximate surface area is 220 Å². The van der Waals surface area contributed by atoms with E-state index in [2.05, 4.69) is 21.2 Å². The Bertz CT molecular complexity index is 1060. The molecule has 0 saturated carbocycles. The number of nitro groups is 1. The lowest BCUT2D eigenvalue weighted by molar-refractivity contribution is -0.384. The van der Waals surface area contributed by atoms with Crippen LogP contribution in [-0.2, 0) is 25.7 Å². The van der Waals surface area contributed by atoms with Crippen LogP contribution in [0.25, 0.3) is 0 Å². The fourth-order valence-corrected chi connectivity index (χ4v) is 5.09. The van der Waals surface area contributed by atoms with Gasteiger partial charge in [0.15, 0.2) is 0 Å². The van der Waals surface area contributed by atoms with Crippen molar-refractivity contribution in [3.8, 4) is 0 Å². The highest BCUT2D eigenvalue weighted by Crippen LogP contribution is 2.47. The number of β-lactam (4-membered cyclic amide) rings is 1. The quantitative estimate of drug-likeness (QED) is 0.0997. The van der Waals surface area contributed by atoms with Crippen molar-refractivity contribution in [3.05, 3.63) is 50.5 Å². The molecular formula is C23H28BrN3O8S. The van der Waals surface area contributed by atoms with Gasteiger partial charge in [0, 0.05) is 41.1 Å². The first-order valence-electron chi connectivity index (χ1n) is 11.3.